The molecule has 0 aromatic heterocycles. The number of hydrogen-bond donors (Lipinski definition) is 2. The standard InChI is InChI=1S/C18H34N2O/c1-13(5-6-21-4)15(20-19)18-9-14-7-16(2,11-18)10-17(3,8-14)12-18/h13-15,20H,5-12,19H2,1-4H3. The molecule has 0 radical (unpaired) electrons. The first kappa shape index (κ1) is 15.8. The highest BCUT2D eigenvalue weighted by atomic mass is 16.5. The third-order valence-electron chi connectivity index (χ3n) is 6.86. The van der Waals surface area contributed by atoms with Crippen LogP contribution in [0.5, 0.6) is 0 Å². The van der Waals surface area contributed by atoms with Gasteiger partial charge >= 0.3 is 0 Å². The first-order chi connectivity index (χ1) is 9.84. The summed E-state index contributed by atoms with van der Waals surface area (Å²) < 4.78 is 5.30. The summed E-state index contributed by atoms with van der Waals surface area (Å²) in [4.78, 5) is 0. The Morgan fingerprint density at radius 1 is 1.14 bits per heavy atom. The molecule has 0 aromatic carbocycles. The van der Waals surface area contributed by atoms with Crippen LogP contribution in [0.15, 0.2) is 0 Å². The molecule has 3 nitrogen and oxygen atoms in total. The predicted molar refractivity (Wildman–Crippen MR) is 86.6 cm³/mol. The molecule has 4 fully saturated rings. The largest absolute Gasteiger partial charge is 0.385 e. The molecular formula is C18H34N2O. The second kappa shape index (κ2) is 5.21. The van der Waals surface area contributed by atoms with Crippen molar-refractivity contribution in [2.45, 2.75) is 71.8 Å². The van der Waals surface area contributed by atoms with Crippen LogP contribution in [0.4, 0.5) is 0 Å². The van der Waals surface area contributed by atoms with Crippen LogP contribution in [-0.4, -0.2) is 19.8 Å². The minimum Gasteiger partial charge on any atom is -0.385 e. The zero-order valence-corrected chi connectivity index (χ0v) is 14.4. The minimum absolute atomic E-state index is 0.421. The van der Waals surface area contributed by atoms with Crippen LogP contribution in [0.2, 0.25) is 0 Å². The number of methoxy groups -OCH3 is 1. The summed E-state index contributed by atoms with van der Waals surface area (Å²) in [5.41, 5.74) is 4.79. The van der Waals surface area contributed by atoms with Crippen molar-refractivity contribution in [3.05, 3.63) is 0 Å². The van der Waals surface area contributed by atoms with Crippen LogP contribution in [-0.2, 0) is 4.74 Å². The van der Waals surface area contributed by atoms with Gasteiger partial charge in [0.2, 0.25) is 0 Å². The van der Waals surface area contributed by atoms with Crippen LogP contribution in [0, 0.1) is 28.1 Å². The molecule has 4 bridgehead atoms. The van der Waals surface area contributed by atoms with Gasteiger partial charge in [-0.1, -0.05) is 20.8 Å². The summed E-state index contributed by atoms with van der Waals surface area (Å²) in [6, 6.07) is 0.440. The Morgan fingerprint density at radius 2 is 1.76 bits per heavy atom. The SMILES string of the molecule is COCCC(C)C(NN)C12CC3CC(C)(CC(C)(C3)C1)C2. The van der Waals surface area contributed by atoms with Gasteiger partial charge in [-0.15, -0.1) is 0 Å². The van der Waals surface area contributed by atoms with Gasteiger partial charge in [-0.25, -0.2) is 0 Å². The number of rotatable bonds is 6. The molecule has 4 aliphatic carbocycles. The maximum atomic E-state index is 6.06. The monoisotopic (exact) mass is 294 g/mol. The van der Waals surface area contributed by atoms with Gasteiger partial charge in [-0.2, -0.15) is 0 Å². The molecule has 4 rings (SSSR count). The maximum Gasteiger partial charge on any atom is 0.0465 e. The lowest BCUT2D eigenvalue weighted by Crippen LogP contribution is -2.63. The Morgan fingerprint density at radius 3 is 2.24 bits per heavy atom. The van der Waals surface area contributed by atoms with Crippen LogP contribution >= 0.6 is 0 Å². The molecule has 0 aliphatic heterocycles. The maximum absolute atomic E-state index is 6.06. The van der Waals surface area contributed by atoms with Crippen LogP contribution in [0.1, 0.15) is 65.7 Å². The molecule has 0 saturated heterocycles. The molecule has 4 saturated carbocycles. The molecule has 0 amide bonds. The summed E-state index contributed by atoms with van der Waals surface area (Å²) in [5, 5.41) is 0. The molecule has 4 atom stereocenters. The van der Waals surface area contributed by atoms with Crippen molar-refractivity contribution in [1.29, 1.82) is 0 Å². The number of nitrogens with two attached hydrogens (primary N) is 1. The normalized spacial score (nSPS) is 47.6. The molecule has 0 spiro atoms. The van der Waals surface area contributed by atoms with Crippen LogP contribution in [0.3, 0.4) is 0 Å². The molecule has 21 heavy (non-hydrogen) atoms. The van der Waals surface area contributed by atoms with E-state index in [2.05, 4.69) is 26.2 Å². The Bertz CT molecular complexity index is 379. The highest BCUT2D eigenvalue weighted by Crippen LogP contribution is 2.70. The van der Waals surface area contributed by atoms with Crippen molar-refractivity contribution in [2.24, 2.45) is 33.9 Å². The third kappa shape index (κ3) is 2.66. The zero-order chi connectivity index (χ0) is 15.3. The Hall–Kier alpha value is -0.120. The molecule has 3 N–H and O–H groups in total. The van der Waals surface area contributed by atoms with Crippen molar-refractivity contribution in [3.8, 4) is 0 Å². The minimum atomic E-state index is 0.421. The Kier molecular flexibility index (Phi) is 3.91. The van der Waals surface area contributed by atoms with Crippen molar-refractivity contribution in [2.75, 3.05) is 13.7 Å². The molecule has 4 aliphatic rings. The van der Waals surface area contributed by atoms with E-state index in [0.29, 0.717) is 28.2 Å². The van der Waals surface area contributed by atoms with Crippen molar-refractivity contribution < 1.29 is 4.74 Å². The quantitative estimate of drug-likeness (QED) is 0.582. The summed E-state index contributed by atoms with van der Waals surface area (Å²) in [7, 11) is 1.80. The fourth-order valence-corrected chi connectivity index (χ4v) is 7.30. The smallest absolute Gasteiger partial charge is 0.0465 e. The molecular weight excluding hydrogens is 260 g/mol. The fraction of sp³-hybridized carbons (Fsp3) is 1.00. The number of ether oxygens (including phenoxy) is 1. The average molecular weight is 294 g/mol. The van der Waals surface area contributed by atoms with Gasteiger partial charge in [0.05, 0.1) is 0 Å². The Labute approximate surface area is 130 Å². The van der Waals surface area contributed by atoms with E-state index in [1.807, 2.05) is 0 Å². The van der Waals surface area contributed by atoms with Gasteiger partial charge in [0, 0.05) is 19.8 Å². The third-order valence-corrected chi connectivity index (χ3v) is 6.86. The van der Waals surface area contributed by atoms with E-state index in [0.717, 1.165) is 18.9 Å². The molecule has 3 heteroatoms. The topological polar surface area (TPSA) is 47.3 Å². The number of hydrogen-bond acceptors (Lipinski definition) is 3. The summed E-state index contributed by atoms with van der Waals surface area (Å²) >= 11 is 0. The van der Waals surface area contributed by atoms with Gasteiger partial charge in [0.15, 0.2) is 0 Å². The predicted octanol–water partition coefficient (Wildman–Crippen LogP) is 3.49. The summed E-state index contributed by atoms with van der Waals surface area (Å²) in [6.45, 7) is 8.27. The highest BCUT2D eigenvalue weighted by Gasteiger charge is 2.62. The highest BCUT2D eigenvalue weighted by molar-refractivity contribution is 5.13. The second-order valence-electron chi connectivity index (χ2n) is 9.40. The fourth-order valence-electron chi connectivity index (χ4n) is 7.30. The average Bonchev–Trinajstić information content (AvgIpc) is 2.32. The van der Waals surface area contributed by atoms with Crippen LogP contribution in [0.25, 0.3) is 0 Å². The zero-order valence-electron chi connectivity index (χ0n) is 14.4. The van der Waals surface area contributed by atoms with Crippen molar-refractivity contribution in [3.63, 3.8) is 0 Å². The lowest BCUT2D eigenvalue weighted by atomic mass is 9.38. The lowest BCUT2D eigenvalue weighted by Gasteiger charge is -2.67. The van der Waals surface area contributed by atoms with E-state index in [1.54, 1.807) is 7.11 Å². The second-order valence-corrected chi connectivity index (χ2v) is 9.40. The molecule has 0 aromatic rings. The molecule has 122 valence electrons. The van der Waals surface area contributed by atoms with Gasteiger partial charge in [-0.05, 0) is 73.0 Å². The summed E-state index contributed by atoms with van der Waals surface area (Å²) in [6.07, 6.45) is 9.58. The van der Waals surface area contributed by atoms with Crippen molar-refractivity contribution >= 4 is 0 Å². The van der Waals surface area contributed by atoms with E-state index in [4.69, 9.17) is 10.6 Å². The molecule has 4 unspecified atom stereocenters. The van der Waals surface area contributed by atoms with E-state index in [9.17, 15) is 0 Å². The van der Waals surface area contributed by atoms with E-state index in [-0.39, 0.29) is 0 Å². The summed E-state index contributed by atoms with van der Waals surface area (Å²) in [5.74, 6) is 7.58. The van der Waals surface area contributed by atoms with Gasteiger partial charge in [-0.3, -0.25) is 11.3 Å². The van der Waals surface area contributed by atoms with Gasteiger partial charge < -0.3 is 4.74 Å². The molecule has 0 heterocycles. The van der Waals surface area contributed by atoms with E-state index in [1.165, 1.54) is 38.5 Å². The first-order valence-electron chi connectivity index (χ1n) is 8.79. The van der Waals surface area contributed by atoms with Gasteiger partial charge in [0.25, 0.3) is 0 Å². The number of hydrazine groups is 1. The Balaban J connectivity index is 1.85. The lowest BCUT2D eigenvalue weighted by molar-refractivity contribution is -0.164. The number of nitrogens with one attached hydrogen (secondary N) is 1. The van der Waals surface area contributed by atoms with E-state index >= 15 is 0 Å². The van der Waals surface area contributed by atoms with Gasteiger partial charge in [0.1, 0.15) is 0 Å². The van der Waals surface area contributed by atoms with E-state index < -0.39 is 0 Å². The van der Waals surface area contributed by atoms with Crippen molar-refractivity contribution in [1.82, 2.24) is 5.43 Å². The first-order valence-corrected chi connectivity index (χ1v) is 8.79. The van der Waals surface area contributed by atoms with Crippen LogP contribution < -0.4 is 11.3 Å².